The van der Waals surface area contributed by atoms with Gasteiger partial charge in [0.1, 0.15) is 6.04 Å². The van der Waals surface area contributed by atoms with Crippen LogP contribution in [-0.2, 0) is 16.1 Å². The maximum Gasteiger partial charge on any atom is 0.350 e. The van der Waals surface area contributed by atoms with Crippen LogP contribution in [0.15, 0.2) is 29.2 Å². The maximum atomic E-state index is 12.0. The lowest BCUT2D eigenvalue weighted by molar-refractivity contribution is -0.139. The van der Waals surface area contributed by atoms with Gasteiger partial charge in [0.2, 0.25) is 6.41 Å². The van der Waals surface area contributed by atoms with Crippen molar-refractivity contribution in [2.75, 3.05) is 11.5 Å². The molecule has 0 radical (unpaired) electrons. The average molecular weight is 310 g/mol. The third-order valence-electron chi connectivity index (χ3n) is 2.79. The summed E-state index contributed by atoms with van der Waals surface area (Å²) in [4.78, 5) is 33.1. The largest absolute Gasteiger partial charge is 0.480 e. The van der Waals surface area contributed by atoms with E-state index < -0.39 is 12.0 Å². The highest BCUT2D eigenvalue weighted by atomic mass is 32.2. The standard InChI is InChI=1S/C12H14N4O4S/c17-8-13-9(11(18)19)7-21-6-5-16-12(20)15-4-2-1-3-10(15)14-16/h1-4,8-9H,5-7H2,(H,13,17)(H,18,19). The normalized spacial score (nSPS) is 12.2. The monoisotopic (exact) mass is 310 g/mol. The molecule has 2 N–H and O–H groups in total. The van der Waals surface area contributed by atoms with Crippen molar-refractivity contribution in [3.8, 4) is 0 Å². The van der Waals surface area contributed by atoms with E-state index >= 15 is 0 Å². The topological polar surface area (TPSA) is 106 Å². The Bertz CT molecular complexity index is 696. The van der Waals surface area contributed by atoms with E-state index in [1.54, 1.807) is 24.4 Å². The Balaban J connectivity index is 1.90. The summed E-state index contributed by atoms with van der Waals surface area (Å²) in [5.74, 6) is -0.330. The fourth-order valence-corrected chi connectivity index (χ4v) is 2.68. The van der Waals surface area contributed by atoms with Crippen LogP contribution in [0.1, 0.15) is 0 Å². The van der Waals surface area contributed by atoms with Gasteiger partial charge in [-0.3, -0.25) is 9.20 Å². The number of hydrogen-bond acceptors (Lipinski definition) is 5. The fourth-order valence-electron chi connectivity index (χ4n) is 1.74. The molecule has 2 aromatic heterocycles. The Hall–Kier alpha value is -2.29. The van der Waals surface area contributed by atoms with Crippen LogP contribution in [0, 0.1) is 0 Å². The number of aliphatic carboxylic acids is 1. The zero-order chi connectivity index (χ0) is 15.2. The number of rotatable bonds is 8. The van der Waals surface area contributed by atoms with Gasteiger partial charge in [0.25, 0.3) is 0 Å². The SMILES string of the molecule is O=CNC(CSCCn1nc2ccccn2c1=O)C(=O)O. The number of amides is 1. The van der Waals surface area contributed by atoms with E-state index in [-0.39, 0.29) is 11.4 Å². The molecule has 1 unspecified atom stereocenters. The van der Waals surface area contributed by atoms with Crippen LogP contribution in [0.5, 0.6) is 0 Å². The van der Waals surface area contributed by atoms with Gasteiger partial charge in [0.05, 0.1) is 6.54 Å². The minimum Gasteiger partial charge on any atom is -0.480 e. The third-order valence-corrected chi connectivity index (χ3v) is 3.83. The summed E-state index contributed by atoms with van der Waals surface area (Å²) >= 11 is 1.33. The summed E-state index contributed by atoms with van der Waals surface area (Å²) in [5.41, 5.74) is 0.338. The first kappa shape index (κ1) is 15.1. The molecular weight excluding hydrogens is 296 g/mol. The maximum absolute atomic E-state index is 12.0. The Kier molecular flexibility index (Phi) is 4.99. The van der Waals surface area contributed by atoms with Gasteiger partial charge in [-0.05, 0) is 12.1 Å². The minimum atomic E-state index is -1.08. The van der Waals surface area contributed by atoms with Gasteiger partial charge in [-0.25, -0.2) is 14.3 Å². The molecule has 0 saturated carbocycles. The number of carbonyl (C=O) groups excluding carboxylic acids is 1. The Morgan fingerprint density at radius 3 is 3.00 bits per heavy atom. The quantitative estimate of drug-likeness (QED) is 0.499. The van der Waals surface area contributed by atoms with Crippen molar-refractivity contribution in [1.29, 1.82) is 0 Å². The summed E-state index contributed by atoms with van der Waals surface area (Å²) in [6, 6.07) is 4.35. The van der Waals surface area contributed by atoms with Crippen LogP contribution in [0.2, 0.25) is 0 Å². The predicted octanol–water partition coefficient (Wildman–Crippen LogP) is -0.572. The number of thioether (sulfide) groups is 1. The number of pyridine rings is 1. The zero-order valence-corrected chi connectivity index (χ0v) is 11.8. The lowest BCUT2D eigenvalue weighted by atomic mass is 10.3. The smallest absolute Gasteiger partial charge is 0.350 e. The predicted molar refractivity (Wildman–Crippen MR) is 77.4 cm³/mol. The lowest BCUT2D eigenvalue weighted by Gasteiger charge is -2.09. The molecule has 0 aromatic carbocycles. The molecule has 0 aliphatic carbocycles. The molecule has 0 saturated heterocycles. The van der Waals surface area contributed by atoms with Crippen LogP contribution < -0.4 is 11.0 Å². The van der Waals surface area contributed by atoms with Gasteiger partial charge < -0.3 is 10.4 Å². The summed E-state index contributed by atoms with van der Waals surface area (Å²) in [6.45, 7) is 0.374. The molecule has 1 atom stereocenters. The molecule has 2 aromatic rings. The van der Waals surface area contributed by atoms with Gasteiger partial charge in [-0.15, -0.1) is 5.10 Å². The van der Waals surface area contributed by atoms with Crippen molar-refractivity contribution >= 4 is 29.8 Å². The molecule has 9 heteroatoms. The molecule has 2 heterocycles. The molecule has 21 heavy (non-hydrogen) atoms. The Morgan fingerprint density at radius 2 is 2.33 bits per heavy atom. The number of aromatic nitrogens is 3. The lowest BCUT2D eigenvalue weighted by Crippen LogP contribution is -2.38. The number of fused-ring (bicyclic) bond motifs is 1. The van der Waals surface area contributed by atoms with Gasteiger partial charge in [-0.1, -0.05) is 6.07 Å². The molecule has 1 amide bonds. The fraction of sp³-hybridized carbons (Fsp3) is 0.333. The first-order valence-electron chi connectivity index (χ1n) is 6.18. The second kappa shape index (κ2) is 6.93. The highest BCUT2D eigenvalue weighted by Gasteiger charge is 2.15. The first-order chi connectivity index (χ1) is 10.1. The van der Waals surface area contributed by atoms with Crippen molar-refractivity contribution in [2.24, 2.45) is 0 Å². The molecular formula is C12H14N4O4S. The Labute approximate surface area is 123 Å². The van der Waals surface area contributed by atoms with Crippen molar-refractivity contribution in [2.45, 2.75) is 12.6 Å². The second-order valence-electron chi connectivity index (χ2n) is 4.18. The third kappa shape index (κ3) is 3.63. The Morgan fingerprint density at radius 1 is 1.52 bits per heavy atom. The van der Waals surface area contributed by atoms with E-state index in [9.17, 15) is 14.4 Å². The van der Waals surface area contributed by atoms with E-state index in [4.69, 9.17) is 5.11 Å². The molecule has 8 nitrogen and oxygen atoms in total. The molecule has 0 bridgehead atoms. The molecule has 0 aliphatic heterocycles. The number of carbonyl (C=O) groups is 2. The number of carboxylic acids is 1. The van der Waals surface area contributed by atoms with Crippen LogP contribution >= 0.6 is 11.8 Å². The van der Waals surface area contributed by atoms with Gasteiger partial charge in [-0.2, -0.15) is 11.8 Å². The van der Waals surface area contributed by atoms with E-state index in [0.717, 1.165) is 0 Å². The van der Waals surface area contributed by atoms with E-state index in [1.165, 1.54) is 20.8 Å². The zero-order valence-electron chi connectivity index (χ0n) is 11.0. The number of nitrogens with one attached hydrogen (secondary N) is 1. The number of hydrogen-bond donors (Lipinski definition) is 2. The van der Waals surface area contributed by atoms with E-state index in [2.05, 4.69) is 10.4 Å². The highest BCUT2D eigenvalue weighted by Crippen LogP contribution is 2.04. The van der Waals surface area contributed by atoms with Crippen molar-refractivity contribution in [1.82, 2.24) is 19.5 Å². The first-order valence-corrected chi connectivity index (χ1v) is 7.33. The number of carboxylic acid groups (broad SMARTS) is 1. The highest BCUT2D eigenvalue weighted by molar-refractivity contribution is 7.99. The summed E-state index contributed by atoms with van der Waals surface area (Å²) < 4.78 is 2.78. The molecule has 0 spiro atoms. The number of aryl methyl sites for hydroxylation is 1. The molecule has 2 rings (SSSR count). The van der Waals surface area contributed by atoms with Crippen molar-refractivity contribution in [3.05, 3.63) is 34.9 Å². The second-order valence-corrected chi connectivity index (χ2v) is 5.33. The van der Waals surface area contributed by atoms with Crippen LogP contribution in [0.25, 0.3) is 5.65 Å². The van der Waals surface area contributed by atoms with E-state index in [0.29, 0.717) is 24.4 Å². The minimum absolute atomic E-state index is 0.230. The van der Waals surface area contributed by atoms with Crippen molar-refractivity contribution < 1.29 is 14.7 Å². The average Bonchev–Trinajstić information content (AvgIpc) is 2.79. The summed E-state index contributed by atoms with van der Waals surface area (Å²) in [7, 11) is 0. The summed E-state index contributed by atoms with van der Waals surface area (Å²) in [5, 5.41) is 15.2. The van der Waals surface area contributed by atoms with E-state index in [1.807, 2.05) is 0 Å². The van der Waals surface area contributed by atoms with Crippen LogP contribution in [-0.4, -0.2) is 49.2 Å². The summed E-state index contributed by atoms with van der Waals surface area (Å²) in [6.07, 6.45) is 2.01. The van der Waals surface area contributed by atoms with Crippen LogP contribution in [0.3, 0.4) is 0 Å². The van der Waals surface area contributed by atoms with Gasteiger partial charge in [0, 0.05) is 17.7 Å². The molecule has 0 aliphatic rings. The van der Waals surface area contributed by atoms with Gasteiger partial charge >= 0.3 is 11.7 Å². The van der Waals surface area contributed by atoms with Crippen molar-refractivity contribution in [3.63, 3.8) is 0 Å². The molecule has 112 valence electrons. The van der Waals surface area contributed by atoms with Crippen LogP contribution in [0.4, 0.5) is 0 Å². The van der Waals surface area contributed by atoms with Gasteiger partial charge in [0.15, 0.2) is 5.65 Å². The molecule has 0 fully saturated rings. The number of nitrogens with zero attached hydrogens (tertiary/aromatic N) is 3.